The van der Waals surface area contributed by atoms with Crippen LogP contribution in [0.2, 0.25) is 0 Å². The molecule has 0 amide bonds. The molecule has 0 N–H and O–H groups in total. The average Bonchev–Trinajstić information content (AvgIpc) is 2.40. The van der Waals surface area contributed by atoms with Crippen LogP contribution in [0.3, 0.4) is 0 Å². The van der Waals surface area contributed by atoms with E-state index in [2.05, 4.69) is 0 Å². The molecule has 0 heterocycles. The Hall–Kier alpha value is -2.29. The number of rotatable bonds is 4. The van der Waals surface area contributed by atoms with Crippen molar-refractivity contribution in [3.05, 3.63) is 71.5 Å². The van der Waals surface area contributed by atoms with Crippen LogP contribution in [0, 0.1) is 5.82 Å². The number of ketones is 2. The van der Waals surface area contributed by atoms with Gasteiger partial charge in [-0.3, -0.25) is 9.59 Å². The number of hydrogen-bond donors (Lipinski definition) is 0. The second-order valence-corrected chi connectivity index (χ2v) is 3.90. The molecular weight excluding hydrogens is 231 g/mol. The summed E-state index contributed by atoms with van der Waals surface area (Å²) in [5.74, 6) is -0.935. The second kappa shape index (κ2) is 5.36. The molecule has 0 saturated heterocycles. The largest absolute Gasteiger partial charge is 0.294 e. The summed E-state index contributed by atoms with van der Waals surface area (Å²) >= 11 is 0. The number of Topliss-reactive ketones (excluding diaryl/α,β-unsaturated/α-hetero) is 2. The van der Waals surface area contributed by atoms with E-state index in [0.29, 0.717) is 11.1 Å². The van der Waals surface area contributed by atoms with Gasteiger partial charge in [-0.15, -0.1) is 0 Å². The molecule has 0 unspecified atom stereocenters. The summed E-state index contributed by atoms with van der Waals surface area (Å²) in [6.07, 6.45) is -0.199. The summed E-state index contributed by atoms with van der Waals surface area (Å²) in [5, 5.41) is 0. The van der Waals surface area contributed by atoms with Crippen LogP contribution >= 0.6 is 0 Å². The van der Waals surface area contributed by atoms with Gasteiger partial charge in [-0.1, -0.05) is 30.3 Å². The first-order chi connectivity index (χ1) is 8.66. The van der Waals surface area contributed by atoms with Crippen LogP contribution in [0.15, 0.2) is 54.6 Å². The lowest BCUT2D eigenvalue weighted by atomic mass is 10.0. The topological polar surface area (TPSA) is 34.1 Å². The Morgan fingerprint density at radius 2 is 1.28 bits per heavy atom. The maximum Gasteiger partial charge on any atom is 0.170 e. The molecule has 2 rings (SSSR count). The molecule has 2 nitrogen and oxygen atoms in total. The molecule has 2 aromatic rings. The van der Waals surface area contributed by atoms with E-state index in [1.54, 1.807) is 30.3 Å². The van der Waals surface area contributed by atoms with Gasteiger partial charge in [0.15, 0.2) is 11.6 Å². The van der Waals surface area contributed by atoms with Crippen molar-refractivity contribution in [2.75, 3.05) is 0 Å². The van der Waals surface area contributed by atoms with E-state index in [9.17, 15) is 14.0 Å². The fourth-order valence-corrected chi connectivity index (χ4v) is 1.61. The quantitative estimate of drug-likeness (QED) is 0.609. The van der Waals surface area contributed by atoms with Gasteiger partial charge < -0.3 is 0 Å². The van der Waals surface area contributed by atoms with Crippen molar-refractivity contribution in [1.82, 2.24) is 0 Å². The molecule has 0 aliphatic heterocycles. The predicted molar refractivity (Wildman–Crippen MR) is 66.1 cm³/mol. The van der Waals surface area contributed by atoms with Crippen LogP contribution in [-0.2, 0) is 0 Å². The minimum absolute atomic E-state index is 0.199. The van der Waals surface area contributed by atoms with Crippen LogP contribution in [-0.4, -0.2) is 11.6 Å². The van der Waals surface area contributed by atoms with E-state index in [4.69, 9.17) is 0 Å². The van der Waals surface area contributed by atoms with Gasteiger partial charge in [-0.25, -0.2) is 4.39 Å². The van der Waals surface area contributed by atoms with Gasteiger partial charge >= 0.3 is 0 Å². The summed E-state index contributed by atoms with van der Waals surface area (Å²) in [4.78, 5) is 23.6. The van der Waals surface area contributed by atoms with Gasteiger partial charge in [-0.2, -0.15) is 0 Å². The predicted octanol–water partition coefficient (Wildman–Crippen LogP) is 3.28. The highest BCUT2D eigenvalue weighted by Crippen LogP contribution is 2.09. The third kappa shape index (κ3) is 2.88. The second-order valence-electron chi connectivity index (χ2n) is 3.90. The summed E-state index contributed by atoms with van der Waals surface area (Å²) in [7, 11) is 0. The minimum Gasteiger partial charge on any atom is -0.294 e. The molecule has 18 heavy (non-hydrogen) atoms. The number of carbonyl (C=O) groups excluding carboxylic acids is 2. The first-order valence-corrected chi connectivity index (χ1v) is 5.54. The zero-order valence-corrected chi connectivity index (χ0v) is 9.60. The number of hydrogen-bond acceptors (Lipinski definition) is 2. The van der Waals surface area contributed by atoms with E-state index in [1.165, 1.54) is 24.3 Å². The molecule has 0 spiro atoms. The molecule has 0 fully saturated rings. The van der Waals surface area contributed by atoms with E-state index in [0.717, 1.165) is 0 Å². The Bertz CT molecular complexity index is 559. The lowest BCUT2D eigenvalue weighted by Gasteiger charge is -2.01. The van der Waals surface area contributed by atoms with Gasteiger partial charge in [0.2, 0.25) is 0 Å². The van der Waals surface area contributed by atoms with Gasteiger partial charge in [0.1, 0.15) is 5.82 Å². The Kier molecular flexibility index (Phi) is 3.63. The smallest absolute Gasteiger partial charge is 0.170 e. The Morgan fingerprint density at radius 1 is 0.778 bits per heavy atom. The number of halogens is 1. The lowest BCUT2D eigenvalue weighted by molar-refractivity contribution is 0.0894. The zero-order valence-electron chi connectivity index (χ0n) is 9.60. The maximum atomic E-state index is 12.7. The fraction of sp³-hybridized carbons (Fsp3) is 0.0667. The first-order valence-electron chi connectivity index (χ1n) is 5.54. The van der Waals surface area contributed by atoms with Crippen molar-refractivity contribution < 1.29 is 14.0 Å². The molecular formula is C15H11FO2. The molecule has 0 radical (unpaired) electrons. The van der Waals surface area contributed by atoms with E-state index in [1.807, 2.05) is 0 Å². The molecule has 0 bridgehead atoms. The van der Waals surface area contributed by atoms with Crippen LogP contribution in [0.5, 0.6) is 0 Å². The summed E-state index contributed by atoms with van der Waals surface area (Å²) in [6, 6.07) is 13.8. The fourth-order valence-electron chi connectivity index (χ4n) is 1.61. The third-order valence-electron chi connectivity index (χ3n) is 2.58. The molecule has 0 aliphatic carbocycles. The van der Waals surface area contributed by atoms with Gasteiger partial charge in [0.25, 0.3) is 0 Å². The highest BCUT2D eigenvalue weighted by atomic mass is 19.1. The Balaban J connectivity index is 2.08. The Morgan fingerprint density at radius 3 is 1.83 bits per heavy atom. The highest BCUT2D eigenvalue weighted by Gasteiger charge is 2.13. The van der Waals surface area contributed by atoms with Crippen molar-refractivity contribution in [3.8, 4) is 0 Å². The van der Waals surface area contributed by atoms with Crippen molar-refractivity contribution in [2.24, 2.45) is 0 Å². The number of carbonyl (C=O) groups is 2. The number of benzene rings is 2. The van der Waals surface area contributed by atoms with Crippen LogP contribution < -0.4 is 0 Å². The summed E-state index contributed by atoms with van der Waals surface area (Å²) in [5.41, 5.74) is 0.855. The highest BCUT2D eigenvalue weighted by molar-refractivity contribution is 6.13. The summed E-state index contributed by atoms with van der Waals surface area (Å²) in [6.45, 7) is 0. The molecule has 0 aromatic heterocycles. The molecule has 0 aliphatic rings. The molecule has 0 atom stereocenters. The lowest BCUT2D eigenvalue weighted by Crippen LogP contribution is -2.08. The van der Waals surface area contributed by atoms with E-state index >= 15 is 0 Å². The standard InChI is InChI=1S/C15H11FO2/c16-13-8-6-12(7-9-13)15(18)10-14(17)11-4-2-1-3-5-11/h1-9H,10H2. The Labute approximate surface area is 104 Å². The normalized spacial score (nSPS) is 10.1. The summed E-state index contributed by atoms with van der Waals surface area (Å²) < 4.78 is 12.7. The van der Waals surface area contributed by atoms with Gasteiger partial charge in [-0.05, 0) is 24.3 Å². The van der Waals surface area contributed by atoms with Crippen LogP contribution in [0.25, 0.3) is 0 Å². The average molecular weight is 242 g/mol. The molecule has 2 aromatic carbocycles. The molecule has 3 heteroatoms. The van der Waals surface area contributed by atoms with Gasteiger partial charge in [0, 0.05) is 11.1 Å². The van der Waals surface area contributed by atoms with Gasteiger partial charge in [0.05, 0.1) is 6.42 Å². The van der Waals surface area contributed by atoms with Crippen LogP contribution in [0.1, 0.15) is 27.1 Å². The zero-order chi connectivity index (χ0) is 13.0. The third-order valence-corrected chi connectivity index (χ3v) is 2.58. The van der Waals surface area contributed by atoms with Crippen molar-refractivity contribution in [1.29, 1.82) is 0 Å². The van der Waals surface area contributed by atoms with Crippen molar-refractivity contribution in [2.45, 2.75) is 6.42 Å². The SMILES string of the molecule is O=C(CC(=O)c1ccc(F)cc1)c1ccccc1. The van der Waals surface area contributed by atoms with Crippen molar-refractivity contribution >= 4 is 11.6 Å². The maximum absolute atomic E-state index is 12.7. The van der Waals surface area contributed by atoms with E-state index in [-0.39, 0.29) is 18.0 Å². The monoisotopic (exact) mass is 242 g/mol. The minimum atomic E-state index is -0.402. The van der Waals surface area contributed by atoms with E-state index < -0.39 is 5.82 Å². The van der Waals surface area contributed by atoms with Crippen molar-refractivity contribution in [3.63, 3.8) is 0 Å². The molecule has 0 saturated carbocycles. The van der Waals surface area contributed by atoms with Crippen LogP contribution in [0.4, 0.5) is 4.39 Å². The first kappa shape index (κ1) is 12.2. The molecule has 90 valence electrons.